The number of halogens is 1. The fraction of sp³-hybridized carbons (Fsp3) is 0.696. The third-order valence-electron chi connectivity index (χ3n) is 4.91. The van der Waals surface area contributed by atoms with E-state index < -0.39 is 0 Å². The zero-order valence-electron chi connectivity index (χ0n) is 19.6. The summed E-state index contributed by atoms with van der Waals surface area (Å²) in [5.74, 6) is 0.846. The number of guanidine groups is 1. The Bertz CT molecular complexity index is 568. The maximum absolute atomic E-state index is 5.66. The highest BCUT2D eigenvalue weighted by Gasteiger charge is 2.07. The lowest BCUT2D eigenvalue weighted by Crippen LogP contribution is -2.42. The lowest BCUT2D eigenvalue weighted by molar-refractivity contribution is 0.0453. The lowest BCUT2D eigenvalue weighted by Gasteiger charge is -2.21. The van der Waals surface area contributed by atoms with Crippen molar-refractivity contribution in [3.8, 4) is 0 Å². The summed E-state index contributed by atoms with van der Waals surface area (Å²) in [7, 11) is 1.82. The van der Waals surface area contributed by atoms with Gasteiger partial charge in [0.2, 0.25) is 0 Å². The second-order valence-corrected chi connectivity index (χ2v) is 7.21. The molecule has 2 N–H and O–H groups in total. The highest BCUT2D eigenvalue weighted by Crippen LogP contribution is 2.07. The highest BCUT2D eigenvalue weighted by atomic mass is 127. The minimum Gasteiger partial charge on any atom is -0.379 e. The molecular weight excluding hydrogens is 491 g/mol. The van der Waals surface area contributed by atoms with Gasteiger partial charge in [-0.05, 0) is 57.5 Å². The fourth-order valence-corrected chi connectivity index (χ4v) is 3.13. The molecule has 0 aromatic heterocycles. The molecule has 1 unspecified atom stereocenters. The molecule has 0 spiro atoms. The maximum Gasteiger partial charge on any atom is 0.191 e. The van der Waals surface area contributed by atoms with Crippen LogP contribution in [0.3, 0.4) is 0 Å². The molecule has 0 aliphatic rings. The summed E-state index contributed by atoms with van der Waals surface area (Å²) < 4.78 is 11.0. The van der Waals surface area contributed by atoms with Crippen molar-refractivity contribution in [2.75, 3.05) is 46.5 Å². The standard InChI is InChI=1S/C23H42N4O2.HI/c1-6-27(7-2)14-10-11-20(4)26-23(24-5)25-18-21-12-9-13-22(17-21)19-29-16-15-28-8-3;/h9,12-13,17,20H,6-8,10-11,14-16,18-19H2,1-5H3,(H2,24,25,26);1H. The topological polar surface area (TPSA) is 58.1 Å². The van der Waals surface area contributed by atoms with E-state index in [2.05, 4.69) is 65.6 Å². The van der Waals surface area contributed by atoms with Gasteiger partial charge >= 0.3 is 0 Å². The SMILES string of the molecule is CCOCCOCc1cccc(CNC(=NC)NC(C)CCCN(CC)CC)c1.I. The number of rotatable bonds is 15. The zero-order chi connectivity index (χ0) is 21.3. The largest absolute Gasteiger partial charge is 0.379 e. The van der Waals surface area contributed by atoms with Crippen molar-refractivity contribution in [2.45, 2.75) is 59.7 Å². The van der Waals surface area contributed by atoms with E-state index in [1.165, 1.54) is 17.5 Å². The van der Waals surface area contributed by atoms with E-state index in [0.717, 1.165) is 45.2 Å². The molecule has 0 aliphatic carbocycles. The number of hydrogen-bond acceptors (Lipinski definition) is 4. The molecule has 1 aromatic rings. The second-order valence-electron chi connectivity index (χ2n) is 7.21. The van der Waals surface area contributed by atoms with Gasteiger partial charge in [0.25, 0.3) is 0 Å². The summed E-state index contributed by atoms with van der Waals surface area (Å²) in [6, 6.07) is 8.85. The van der Waals surface area contributed by atoms with Gasteiger partial charge in [-0.25, -0.2) is 0 Å². The molecule has 0 saturated carbocycles. The first-order valence-electron chi connectivity index (χ1n) is 11.1. The van der Waals surface area contributed by atoms with Crippen molar-refractivity contribution in [2.24, 2.45) is 4.99 Å². The maximum atomic E-state index is 5.66. The van der Waals surface area contributed by atoms with E-state index in [0.29, 0.717) is 25.9 Å². The van der Waals surface area contributed by atoms with E-state index in [9.17, 15) is 0 Å². The van der Waals surface area contributed by atoms with Crippen LogP contribution in [-0.4, -0.2) is 63.4 Å². The smallest absolute Gasteiger partial charge is 0.191 e. The minimum atomic E-state index is 0. The van der Waals surface area contributed by atoms with Crippen LogP contribution >= 0.6 is 24.0 Å². The Hall–Kier alpha value is -0.900. The number of aliphatic imine (C=N–C) groups is 1. The van der Waals surface area contributed by atoms with Crippen LogP contribution in [0.1, 0.15) is 51.7 Å². The predicted molar refractivity (Wildman–Crippen MR) is 138 cm³/mol. The molecule has 0 bridgehead atoms. The molecule has 0 fully saturated rings. The first kappa shape index (κ1) is 29.1. The van der Waals surface area contributed by atoms with Crippen molar-refractivity contribution >= 4 is 29.9 Å². The molecule has 30 heavy (non-hydrogen) atoms. The molecule has 7 heteroatoms. The summed E-state index contributed by atoms with van der Waals surface area (Å²) >= 11 is 0. The predicted octanol–water partition coefficient (Wildman–Crippen LogP) is 4.03. The summed E-state index contributed by atoms with van der Waals surface area (Å²) in [6.45, 7) is 15.4. The van der Waals surface area contributed by atoms with Crippen molar-refractivity contribution < 1.29 is 9.47 Å². The van der Waals surface area contributed by atoms with Gasteiger partial charge in [-0.15, -0.1) is 24.0 Å². The van der Waals surface area contributed by atoms with Crippen molar-refractivity contribution in [3.63, 3.8) is 0 Å². The van der Waals surface area contributed by atoms with Crippen molar-refractivity contribution in [3.05, 3.63) is 35.4 Å². The van der Waals surface area contributed by atoms with Crippen LogP contribution in [0.4, 0.5) is 0 Å². The van der Waals surface area contributed by atoms with Gasteiger partial charge in [0.05, 0.1) is 19.8 Å². The average Bonchev–Trinajstić information content (AvgIpc) is 2.74. The number of ether oxygens (including phenoxy) is 2. The van der Waals surface area contributed by atoms with E-state index in [-0.39, 0.29) is 24.0 Å². The molecular formula is C23H43IN4O2. The molecule has 0 saturated heterocycles. The van der Waals surface area contributed by atoms with Gasteiger partial charge in [0.1, 0.15) is 0 Å². The minimum absolute atomic E-state index is 0. The molecule has 1 atom stereocenters. The number of nitrogens with one attached hydrogen (secondary N) is 2. The van der Waals surface area contributed by atoms with Gasteiger partial charge in [-0.3, -0.25) is 4.99 Å². The van der Waals surface area contributed by atoms with E-state index in [4.69, 9.17) is 9.47 Å². The summed E-state index contributed by atoms with van der Waals surface area (Å²) in [5, 5.41) is 6.91. The Morgan fingerprint density at radius 3 is 2.47 bits per heavy atom. The summed E-state index contributed by atoms with van der Waals surface area (Å²) in [4.78, 5) is 6.83. The van der Waals surface area contributed by atoms with Gasteiger partial charge in [-0.2, -0.15) is 0 Å². The van der Waals surface area contributed by atoms with Crippen LogP contribution in [0.2, 0.25) is 0 Å². The lowest BCUT2D eigenvalue weighted by atomic mass is 10.1. The Morgan fingerprint density at radius 1 is 1.10 bits per heavy atom. The molecule has 1 aromatic carbocycles. The Labute approximate surface area is 201 Å². The van der Waals surface area contributed by atoms with Gasteiger partial charge in [0.15, 0.2) is 5.96 Å². The van der Waals surface area contributed by atoms with Crippen molar-refractivity contribution in [1.29, 1.82) is 0 Å². The first-order valence-corrected chi connectivity index (χ1v) is 11.1. The van der Waals surface area contributed by atoms with Crippen LogP contribution < -0.4 is 10.6 Å². The van der Waals surface area contributed by atoms with Crippen LogP contribution in [-0.2, 0) is 22.6 Å². The normalized spacial score (nSPS) is 12.5. The number of benzene rings is 1. The molecule has 6 nitrogen and oxygen atoms in total. The van der Waals surface area contributed by atoms with Crippen molar-refractivity contribution in [1.82, 2.24) is 15.5 Å². The number of hydrogen-bond donors (Lipinski definition) is 2. The van der Waals surface area contributed by atoms with E-state index >= 15 is 0 Å². The van der Waals surface area contributed by atoms with E-state index in [1.807, 2.05) is 14.0 Å². The second kappa shape index (κ2) is 18.8. The summed E-state index contributed by atoms with van der Waals surface area (Å²) in [6.07, 6.45) is 2.32. The Morgan fingerprint density at radius 2 is 1.80 bits per heavy atom. The van der Waals surface area contributed by atoms with Crippen LogP contribution in [0.5, 0.6) is 0 Å². The fourth-order valence-electron chi connectivity index (χ4n) is 3.13. The molecule has 174 valence electrons. The Kier molecular flexibility index (Phi) is 18.3. The first-order chi connectivity index (χ1) is 14.1. The zero-order valence-corrected chi connectivity index (χ0v) is 21.9. The highest BCUT2D eigenvalue weighted by molar-refractivity contribution is 14.0. The average molecular weight is 535 g/mol. The molecule has 0 aliphatic heterocycles. The Balaban J connectivity index is 0.00000841. The van der Waals surface area contributed by atoms with Gasteiger partial charge in [0, 0.05) is 26.2 Å². The van der Waals surface area contributed by atoms with E-state index in [1.54, 1.807) is 0 Å². The van der Waals surface area contributed by atoms with Gasteiger partial charge in [-0.1, -0.05) is 38.1 Å². The quantitative estimate of drug-likeness (QED) is 0.154. The number of nitrogens with zero attached hydrogens (tertiary/aromatic N) is 2. The summed E-state index contributed by atoms with van der Waals surface area (Å²) in [5.41, 5.74) is 2.39. The molecule has 0 radical (unpaired) electrons. The third-order valence-corrected chi connectivity index (χ3v) is 4.91. The molecule has 0 heterocycles. The third kappa shape index (κ3) is 13.4. The molecule has 0 amide bonds. The van der Waals surface area contributed by atoms with Gasteiger partial charge < -0.3 is 25.0 Å². The molecule has 1 rings (SSSR count). The van der Waals surface area contributed by atoms with Crippen LogP contribution in [0.25, 0.3) is 0 Å². The van der Waals surface area contributed by atoms with Crippen LogP contribution in [0.15, 0.2) is 29.3 Å². The monoisotopic (exact) mass is 534 g/mol. The van der Waals surface area contributed by atoms with Crippen LogP contribution in [0, 0.1) is 0 Å².